The molecular formula is C25H42N4O2S. The number of hydrogen-bond donors (Lipinski definition) is 1. The summed E-state index contributed by atoms with van der Waals surface area (Å²) in [6.45, 7) is 16.7. The normalized spacial score (nSPS) is 26.6. The zero-order valence-corrected chi connectivity index (χ0v) is 21.9. The highest BCUT2D eigenvalue weighted by atomic mass is 32.1. The van der Waals surface area contributed by atoms with Gasteiger partial charge in [0.2, 0.25) is 5.91 Å². The van der Waals surface area contributed by atoms with E-state index in [1.807, 2.05) is 11.9 Å². The standard InChI is InChI=1S/C25H42N4O2S/c1-8-9-12-18-17-29(23(2,3)4)32-21(18)26-22(31)25(7)14-13-19(24(25,5)6)20(30)27-28-15-10-11-16-28/h17,19H,8-16H2,1-7H3,(H,27,30)/b26-21-/t19-,25+/m1/s1. The fourth-order valence-electron chi connectivity index (χ4n) is 4.96. The number of nitrogens with zero attached hydrogens (tertiary/aromatic N) is 3. The van der Waals surface area contributed by atoms with E-state index in [1.54, 1.807) is 11.5 Å². The maximum atomic E-state index is 13.6. The van der Waals surface area contributed by atoms with Crippen molar-refractivity contribution in [3.63, 3.8) is 0 Å². The second-order valence-electron chi connectivity index (χ2n) is 11.4. The highest BCUT2D eigenvalue weighted by molar-refractivity contribution is 7.04. The van der Waals surface area contributed by atoms with Crippen LogP contribution in [0.3, 0.4) is 0 Å². The molecule has 0 aromatic carbocycles. The predicted octanol–water partition coefficient (Wildman–Crippen LogP) is 4.64. The number of rotatable bonds is 6. The monoisotopic (exact) mass is 462 g/mol. The summed E-state index contributed by atoms with van der Waals surface area (Å²) in [6.07, 6.45) is 8.95. The smallest absolute Gasteiger partial charge is 0.253 e. The van der Waals surface area contributed by atoms with Crippen LogP contribution in [-0.2, 0) is 21.5 Å². The average Bonchev–Trinajstić information content (AvgIpc) is 3.40. The van der Waals surface area contributed by atoms with Crippen molar-refractivity contribution in [3.8, 4) is 0 Å². The lowest BCUT2D eigenvalue weighted by atomic mass is 9.65. The Balaban J connectivity index is 1.87. The van der Waals surface area contributed by atoms with Crippen LogP contribution in [0.4, 0.5) is 0 Å². The van der Waals surface area contributed by atoms with Gasteiger partial charge in [0.25, 0.3) is 5.91 Å². The molecule has 32 heavy (non-hydrogen) atoms. The van der Waals surface area contributed by atoms with Gasteiger partial charge < -0.3 is 0 Å². The van der Waals surface area contributed by atoms with Crippen molar-refractivity contribution < 1.29 is 9.59 Å². The summed E-state index contributed by atoms with van der Waals surface area (Å²) >= 11 is 1.57. The molecule has 1 aliphatic heterocycles. The fraction of sp³-hybridized carbons (Fsp3) is 0.800. The molecule has 2 aliphatic rings. The number of hydrazine groups is 1. The summed E-state index contributed by atoms with van der Waals surface area (Å²) in [7, 11) is 0. The van der Waals surface area contributed by atoms with Crippen LogP contribution in [0, 0.1) is 16.7 Å². The molecule has 1 saturated carbocycles. The van der Waals surface area contributed by atoms with Gasteiger partial charge >= 0.3 is 0 Å². The first-order valence-corrected chi connectivity index (χ1v) is 13.0. The van der Waals surface area contributed by atoms with Crippen molar-refractivity contribution >= 4 is 23.3 Å². The molecule has 6 nitrogen and oxygen atoms in total. The van der Waals surface area contributed by atoms with Gasteiger partial charge in [0, 0.05) is 36.3 Å². The third kappa shape index (κ3) is 4.89. The van der Waals surface area contributed by atoms with E-state index in [0.29, 0.717) is 6.42 Å². The second-order valence-corrected chi connectivity index (χ2v) is 12.3. The Morgan fingerprint density at radius 3 is 2.47 bits per heavy atom. The van der Waals surface area contributed by atoms with Gasteiger partial charge in [0.1, 0.15) is 4.67 Å². The Bertz CT molecular complexity index is 902. The summed E-state index contributed by atoms with van der Waals surface area (Å²) in [4.78, 5) is 31.4. The Labute approximate surface area is 197 Å². The third-order valence-corrected chi connectivity index (χ3v) is 9.16. The van der Waals surface area contributed by atoms with Crippen LogP contribution < -0.4 is 10.1 Å². The van der Waals surface area contributed by atoms with Crippen LogP contribution in [0.2, 0.25) is 0 Å². The number of unbranched alkanes of at least 4 members (excludes halogenated alkanes) is 1. The molecule has 3 rings (SSSR count). The molecule has 1 N–H and O–H groups in total. The van der Waals surface area contributed by atoms with Gasteiger partial charge in [-0.1, -0.05) is 34.1 Å². The predicted molar refractivity (Wildman–Crippen MR) is 130 cm³/mol. The summed E-state index contributed by atoms with van der Waals surface area (Å²) in [5.41, 5.74) is 3.10. The molecule has 7 heteroatoms. The molecule has 2 amide bonds. The van der Waals surface area contributed by atoms with Gasteiger partial charge in [0.15, 0.2) is 0 Å². The van der Waals surface area contributed by atoms with Crippen molar-refractivity contribution in [2.24, 2.45) is 21.7 Å². The van der Waals surface area contributed by atoms with Crippen molar-refractivity contribution in [3.05, 3.63) is 16.4 Å². The summed E-state index contributed by atoms with van der Waals surface area (Å²) in [5, 5.41) is 2.02. The molecule has 2 fully saturated rings. The number of aryl methyl sites for hydroxylation is 1. The summed E-state index contributed by atoms with van der Waals surface area (Å²) < 4.78 is 3.04. The van der Waals surface area contributed by atoms with Gasteiger partial charge in [-0.15, -0.1) is 0 Å². The number of hydrogen-bond acceptors (Lipinski definition) is 4. The first-order valence-electron chi connectivity index (χ1n) is 12.3. The lowest BCUT2D eigenvalue weighted by Crippen LogP contribution is -2.49. The van der Waals surface area contributed by atoms with Crippen LogP contribution >= 0.6 is 11.5 Å². The Hall–Kier alpha value is -1.47. The molecule has 0 radical (unpaired) electrons. The van der Waals surface area contributed by atoms with Gasteiger partial charge in [-0.05, 0) is 76.2 Å². The molecule has 2 atom stereocenters. The van der Waals surface area contributed by atoms with Crippen molar-refractivity contribution in [1.29, 1.82) is 0 Å². The van der Waals surface area contributed by atoms with E-state index in [-0.39, 0.29) is 23.3 Å². The first kappa shape index (κ1) is 25.2. The van der Waals surface area contributed by atoms with E-state index >= 15 is 0 Å². The highest BCUT2D eigenvalue weighted by Gasteiger charge is 2.58. The lowest BCUT2D eigenvalue weighted by molar-refractivity contribution is -0.138. The van der Waals surface area contributed by atoms with E-state index in [1.165, 1.54) is 0 Å². The fourth-order valence-corrected chi connectivity index (χ4v) is 5.99. The minimum Gasteiger partial charge on any atom is -0.298 e. The highest BCUT2D eigenvalue weighted by Crippen LogP contribution is 2.56. The SMILES string of the molecule is CCCCc1cn(C(C)(C)C)s/c1=N\C(=O)[C@]1(C)CC[C@H](C(=O)NN2CCCC2)C1(C)C. The maximum absolute atomic E-state index is 13.6. The molecule has 1 saturated heterocycles. The molecule has 1 aromatic heterocycles. The Morgan fingerprint density at radius 2 is 1.88 bits per heavy atom. The van der Waals surface area contributed by atoms with E-state index in [9.17, 15) is 9.59 Å². The minimum atomic E-state index is -0.654. The molecule has 2 heterocycles. The first-order chi connectivity index (χ1) is 14.9. The number of aromatic nitrogens is 1. The Morgan fingerprint density at radius 1 is 1.22 bits per heavy atom. The topological polar surface area (TPSA) is 66.7 Å². The number of carbonyl (C=O) groups excluding carboxylic acids is 2. The van der Waals surface area contributed by atoms with Crippen molar-refractivity contribution in [1.82, 2.24) is 14.4 Å². The summed E-state index contributed by atoms with van der Waals surface area (Å²) in [6, 6.07) is 0. The quantitative estimate of drug-likeness (QED) is 0.669. The third-order valence-electron chi connectivity index (χ3n) is 7.79. The second kappa shape index (κ2) is 9.41. The van der Waals surface area contributed by atoms with Crippen LogP contribution in [0.15, 0.2) is 11.2 Å². The zero-order chi connectivity index (χ0) is 23.7. The average molecular weight is 463 g/mol. The van der Waals surface area contributed by atoms with E-state index in [2.05, 4.69) is 57.1 Å². The van der Waals surface area contributed by atoms with Gasteiger partial charge in [0.05, 0.1) is 5.41 Å². The number of amides is 2. The van der Waals surface area contributed by atoms with E-state index in [0.717, 1.165) is 61.8 Å². The Kier molecular flexibility index (Phi) is 7.40. The maximum Gasteiger partial charge on any atom is 0.253 e. The molecule has 0 unspecified atom stereocenters. The van der Waals surface area contributed by atoms with Crippen LogP contribution in [0.1, 0.15) is 92.6 Å². The molecule has 0 spiro atoms. The molecule has 0 bridgehead atoms. The zero-order valence-electron chi connectivity index (χ0n) is 21.1. The molecular weight excluding hydrogens is 420 g/mol. The lowest BCUT2D eigenvalue weighted by Gasteiger charge is -2.39. The van der Waals surface area contributed by atoms with Gasteiger partial charge in [-0.25, -0.2) is 10.0 Å². The minimum absolute atomic E-state index is 0.0439. The van der Waals surface area contributed by atoms with Crippen LogP contribution in [0.25, 0.3) is 0 Å². The van der Waals surface area contributed by atoms with E-state index in [4.69, 9.17) is 4.99 Å². The number of nitrogens with one attached hydrogen (secondary N) is 1. The van der Waals surface area contributed by atoms with Gasteiger partial charge in [-0.2, -0.15) is 0 Å². The van der Waals surface area contributed by atoms with E-state index < -0.39 is 10.8 Å². The van der Waals surface area contributed by atoms with Crippen molar-refractivity contribution in [2.45, 2.75) is 99.0 Å². The summed E-state index contributed by atoms with van der Waals surface area (Å²) in [5.74, 6) is -0.215. The number of carbonyl (C=O) groups is 2. The van der Waals surface area contributed by atoms with Crippen LogP contribution in [-0.4, -0.2) is 33.9 Å². The van der Waals surface area contributed by atoms with Gasteiger partial charge in [-0.3, -0.25) is 19.0 Å². The molecule has 180 valence electrons. The molecule has 1 aromatic rings. The van der Waals surface area contributed by atoms with Crippen molar-refractivity contribution in [2.75, 3.05) is 13.1 Å². The van der Waals surface area contributed by atoms with Crippen LogP contribution in [0.5, 0.6) is 0 Å². The molecule has 1 aliphatic carbocycles. The largest absolute Gasteiger partial charge is 0.298 e.